The third kappa shape index (κ3) is 2.89. The first-order valence-corrected chi connectivity index (χ1v) is 3.99. The molecule has 0 aliphatic heterocycles. The van der Waals surface area contributed by atoms with E-state index in [0.29, 0.717) is 11.3 Å². The van der Waals surface area contributed by atoms with Crippen LogP contribution in [0.2, 0.25) is 5.02 Å². The van der Waals surface area contributed by atoms with Crippen molar-refractivity contribution in [3.8, 4) is 11.8 Å². The van der Waals surface area contributed by atoms with Crippen LogP contribution in [-0.4, -0.2) is 6.29 Å². The molecule has 1 rings (SSSR count). The summed E-state index contributed by atoms with van der Waals surface area (Å²) in [6.07, 6.45) is 0.765. The maximum Gasteiger partial charge on any atom is 0.138 e. The Hall–Kier alpha value is -1.33. The Kier molecular flexibility index (Phi) is 3.48. The molecule has 0 spiro atoms. The lowest BCUT2D eigenvalue weighted by atomic mass is 10.2. The molecule has 3 heteroatoms. The van der Waals surface area contributed by atoms with Gasteiger partial charge >= 0.3 is 0 Å². The number of hydrogen-bond acceptors (Lipinski definition) is 1. The quantitative estimate of drug-likeness (QED) is 0.498. The molecule has 0 heterocycles. The predicted molar refractivity (Wildman–Crippen MR) is 49.0 cm³/mol. The summed E-state index contributed by atoms with van der Waals surface area (Å²) < 4.78 is 12.9. The van der Waals surface area contributed by atoms with Crippen LogP contribution in [0.1, 0.15) is 12.0 Å². The number of halogens is 2. The van der Waals surface area contributed by atoms with Crippen LogP contribution in [0.15, 0.2) is 18.2 Å². The molecule has 1 nitrogen and oxygen atoms in total. The first kappa shape index (κ1) is 9.76. The minimum absolute atomic E-state index is 0.103. The maximum atomic E-state index is 12.9. The zero-order valence-corrected chi connectivity index (χ0v) is 7.44. The van der Waals surface area contributed by atoms with Gasteiger partial charge in [-0.25, -0.2) is 4.39 Å². The van der Waals surface area contributed by atoms with Crippen molar-refractivity contribution < 1.29 is 9.18 Å². The standard InChI is InChI=1S/C10H6ClFO/c11-9-4-5-10(12)8(7-9)3-1-2-6-13/h4-7H,2H2. The van der Waals surface area contributed by atoms with Gasteiger partial charge in [0.1, 0.15) is 12.1 Å². The van der Waals surface area contributed by atoms with E-state index in [4.69, 9.17) is 11.6 Å². The molecule has 0 fully saturated rings. The molecule has 1 aromatic rings. The Bertz CT molecular complexity index is 376. The van der Waals surface area contributed by atoms with Gasteiger partial charge < -0.3 is 4.79 Å². The molecule has 0 unspecified atom stereocenters. The number of rotatable bonds is 1. The summed E-state index contributed by atoms with van der Waals surface area (Å²) in [5, 5.41) is 0.428. The molecule has 0 aromatic heterocycles. The fourth-order valence-corrected chi connectivity index (χ4v) is 0.953. The lowest BCUT2D eigenvalue weighted by Crippen LogP contribution is -1.82. The van der Waals surface area contributed by atoms with Crippen molar-refractivity contribution in [3.05, 3.63) is 34.6 Å². The highest BCUT2D eigenvalue weighted by Gasteiger charge is 1.98. The molecule has 66 valence electrons. The molecule has 0 saturated heterocycles. The number of carbonyl (C=O) groups excluding carboxylic acids is 1. The molecule has 0 aliphatic carbocycles. The van der Waals surface area contributed by atoms with Crippen molar-refractivity contribution in [3.63, 3.8) is 0 Å². The summed E-state index contributed by atoms with van der Waals surface area (Å²) in [5.74, 6) is 4.59. The first-order valence-electron chi connectivity index (χ1n) is 3.61. The average Bonchev–Trinajstić information content (AvgIpc) is 2.11. The van der Waals surface area contributed by atoms with E-state index < -0.39 is 5.82 Å². The Morgan fingerprint density at radius 2 is 2.31 bits per heavy atom. The number of carbonyl (C=O) groups is 1. The zero-order chi connectivity index (χ0) is 9.68. The third-order valence-electron chi connectivity index (χ3n) is 1.34. The fraction of sp³-hybridized carbons (Fsp3) is 0.100. The number of hydrogen-bond donors (Lipinski definition) is 0. The van der Waals surface area contributed by atoms with E-state index in [2.05, 4.69) is 11.8 Å². The van der Waals surface area contributed by atoms with Crippen LogP contribution in [0.4, 0.5) is 4.39 Å². The van der Waals surface area contributed by atoms with Crippen molar-refractivity contribution >= 4 is 17.9 Å². The number of aldehydes is 1. The highest BCUT2D eigenvalue weighted by molar-refractivity contribution is 6.30. The van der Waals surface area contributed by atoms with Gasteiger partial charge in [-0.1, -0.05) is 23.4 Å². The predicted octanol–water partition coefficient (Wildman–Crippen LogP) is 2.42. The molecule has 0 atom stereocenters. The molecule has 0 saturated carbocycles. The SMILES string of the molecule is O=CCC#Cc1cc(Cl)ccc1F. The Morgan fingerprint density at radius 3 is 3.00 bits per heavy atom. The van der Waals surface area contributed by atoms with Crippen molar-refractivity contribution in [2.24, 2.45) is 0 Å². The van der Waals surface area contributed by atoms with Crippen LogP contribution in [-0.2, 0) is 4.79 Å². The molecule has 0 bridgehead atoms. The van der Waals surface area contributed by atoms with Crippen molar-refractivity contribution in [1.82, 2.24) is 0 Å². The zero-order valence-electron chi connectivity index (χ0n) is 6.68. The van der Waals surface area contributed by atoms with E-state index in [-0.39, 0.29) is 12.0 Å². The third-order valence-corrected chi connectivity index (χ3v) is 1.57. The van der Waals surface area contributed by atoms with E-state index >= 15 is 0 Å². The smallest absolute Gasteiger partial charge is 0.138 e. The topological polar surface area (TPSA) is 17.1 Å². The van der Waals surface area contributed by atoms with Crippen molar-refractivity contribution in [1.29, 1.82) is 0 Å². The summed E-state index contributed by atoms with van der Waals surface area (Å²) in [6.45, 7) is 0. The van der Waals surface area contributed by atoms with Crippen LogP contribution in [0.25, 0.3) is 0 Å². The van der Waals surface area contributed by atoms with E-state index in [0.717, 1.165) is 0 Å². The van der Waals surface area contributed by atoms with Crippen molar-refractivity contribution in [2.75, 3.05) is 0 Å². The molecule has 0 aliphatic rings. The Labute approximate surface area is 80.5 Å². The van der Waals surface area contributed by atoms with Crippen LogP contribution >= 0.6 is 11.6 Å². The summed E-state index contributed by atoms with van der Waals surface area (Å²) in [4.78, 5) is 9.92. The second kappa shape index (κ2) is 4.64. The second-order valence-electron chi connectivity index (χ2n) is 2.30. The van der Waals surface area contributed by atoms with E-state index in [1.54, 1.807) is 0 Å². The minimum Gasteiger partial charge on any atom is -0.302 e. The van der Waals surface area contributed by atoms with Crippen LogP contribution in [0, 0.1) is 17.7 Å². The molecule has 0 N–H and O–H groups in total. The summed E-state index contributed by atoms with van der Waals surface area (Å²) in [6, 6.07) is 4.11. The van der Waals surface area contributed by atoms with Gasteiger partial charge in [-0.3, -0.25) is 0 Å². The monoisotopic (exact) mass is 196 g/mol. The normalized spacial score (nSPS) is 8.77. The molecular weight excluding hydrogens is 191 g/mol. The van der Waals surface area contributed by atoms with Gasteiger partial charge in [0.2, 0.25) is 0 Å². The largest absolute Gasteiger partial charge is 0.302 e. The van der Waals surface area contributed by atoms with Gasteiger partial charge in [0, 0.05) is 5.02 Å². The molecular formula is C10H6ClFO. The van der Waals surface area contributed by atoms with Gasteiger partial charge in [0.15, 0.2) is 0 Å². The van der Waals surface area contributed by atoms with E-state index in [1.807, 2.05) is 0 Å². The Morgan fingerprint density at radius 1 is 1.54 bits per heavy atom. The highest BCUT2D eigenvalue weighted by atomic mass is 35.5. The first-order chi connectivity index (χ1) is 6.24. The average molecular weight is 197 g/mol. The molecule has 13 heavy (non-hydrogen) atoms. The Balaban J connectivity index is 2.95. The fourth-order valence-electron chi connectivity index (χ4n) is 0.781. The van der Waals surface area contributed by atoms with Gasteiger partial charge in [-0.05, 0) is 18.2 Å². The van der Waals surface area contributed by atoms with Gasteiger partial charge in [-0.2, -0.15) is 0 Å². The minimum atomic E-state index is -0.428. The van der Waals surface area contributed by atoms with E-state index in [1.165, 1.54) is 18.2 Å². The molecule has 1 aromatic carbocycles. The van der Waals surface area contributed by atoms with E-state index in [9.17, 15) is 9.18 Å². The van der Waals surface area contributed by atoms with Gasteiger partial charge in [0.05, 0.1) is 12.0 Å². The van der Waals surface area contributed by atoms with Gasteiger partial charge in [0.25, 0.3) is 0 Å². The van der Waals surface area contributed by atoms with Crippen molar-refractivity contribution in [2.45, 2.75) is 6.42 Å². The maximum absolute atomic E-state index is 12.9. The van der Waals surface area contributed by atoms with Crippen LogP contribution in [0.3, 0.4) is 0 Å². The van der Waals surface area contributed by atoms with Gasteiger partial charge in [-0.15, -0.1) is 0 Å². The number of benzene rings is 1. The van der Waals surface area contributed by atoms with Crippen LogP contribution in [0.5, 0.6) is 0 Å². The second-order valence-corrected chi connectivity index (χ2v) is 2.73. The highest BCUT2D eigenvalue weighted by Crippen LogP contribution is 2.13. The summed E-state index contributed by atoms with van der Waals surface area (Å²) in [7, 11) is 0. The molecule has 0 amide bonds. The van der Waals surface area contributed by atoms with Crippen LogP contribution < -0.4 is 0 Å². The molecule has 0 radical (unpaired) electrons. The summed E-state index contributed by atoms with van der Waals surface area (Å²) in [5.41, 5.74) is 0.217. The lowest BCUT2D eigenvalue weighted by molar-refractivity contribution is -0.107. The summed E-state index contributed by atoms with van der Waals surface area (Å²) >= 11 is 5.63. The lowest BCUT2D eigenvalue weighted by Gasteiger charge is -1.93.